The van der Waals surface area contributed by atoms with E-state index in [1.807, 2.05) is 135 Å². The van der Waals surface area contributed by atoms with E-state index in [9.17, 15) is 19.2 Å². The molecule has 0 aliphatic heterocycles. The molecule has 6 rings (SSSR count). The van der Waals surface area contributed by atoms with Gasteiger partial charge >= 0.3 is 12.1 Å². The molecule has 6 N–H and O–H groups in total. The quantitative estimate of drug-likeness (QED) is 0.0275. The van der Waals surface area contributed by atoms with E-state index in [0.29, 0.717) is 53.1 Å². The highest BCUT2D eigenvalue weighted by Crippen LogP contribution is 2.32. The Morgan fingerprint density at radius 3 is 1.57 bits per heavy atom. The average Bonchev–Trinajstić information content (AvgIpc) is 3.32. The van der Waals surface area contributed by atoms with E-state index in [0.717, 1.165) is 62.8 Å². The molecule has 0 heterocycles. The largest absolute Gasteiger partial charge is 0.399 e. The molecule has 336 valence electrons. The van der Waals surface area contributed by atoms with Crippen LogP contribution in [-0.4, -0.2) is 36.7 Å². The number of carbonyl (C=O) groups is 4. The monoisotopic (exact) mass is 905 g/mol. The summed E-state index contributed by atoms with van der Waals surface area (Å²) in [6.07, 6.45) is 4.76. The zero-order valence-electron chi connectivity index (χ0n) is 37.6. The number of nitrogens with two attached hydrogens (primary N) is 1. The predicted octanol–water partition coefficient (Wildman–Crippen LogP) is 12.9. The second-order valence-corrected chi connectivity index (χ2v) is 18.7. The Bertz CT molecular complexity index is 2540. The number of amides is 4. The molecule has 0 aliphatic rings. The molecule has 0 aliphatic carbocycles. The minimum absolute atomic E-state index is 0.0958. The Hall–Kier alpha value is -6.30. The van der Waals surface area contributed by atoms with Crippen molar-refractivity contribution in [2.45, 2.75) is 97.3 Å². The van der Waals surface area contributed by atoms with Gasteiger partial charge in [-0.25, -0.2) is 9.59 Å². The summed E-state index contributed by atoms with van der Waals surface area (Å²) in [6, 6.07) is 45.7. The van der Waals surface area contributed by atoms with Crippen molar-refractivity contribution >= 4 is 58.5 Å². The van der Waals surface area contributed by atoms with Crippen molar-refractivity contribution in [2.24, 2.45) is 0 Å². The van der Waals surface area contributed by atoms with E-state index >= 15 is 0 Å². The molecule has 0 saturated carbocycles. The second kappa shape index (κ2) is 23.6. The first-order valence-corrected chi connectivity index (χ1v) is 24.0. The molecular formula is C54H59N5O4S2. The number of ketones is 2. The molecule has 2 atom stereocenters. The fourth-order valence-electron chi connectivity index (χ4n) is 7.25. The Labute approximate surface area is 392 Å². The van der Waals surface area contributed by atoms with E-state index in [1.165, 1.54) is 0 Å². The van der Waals surface area contributed by atoms with Gasteiger partial charge in [-0.1, -0.05) is 93.5 Å². The van der Waals surface area contributed by atoms with Crippen LogP contribution >= 0.6 is 23.5 Å². The number of anilines is 2. The first kappa shape index (κ1) is 48.2. The van der Waals surface area contributed by atoms with Gasteiger partial charge in [-0.2, -0.15) is 0 Å². The Morgan fingerprint density at radius 1 is 0.569 bits per heavy atom. The minimum Gasteiger partial charge on any atom is -0.399 e. The lowest BCUT2D eigenvalue weighted by Gasteiger charge is -2.31. The number of urea groups is 2. The summed E-state index contributed by atoms with van der Waals surface area (Å²) in [5.41, 5.74) is 10.5. The highest BCUT2D eigenvalue weighted by molar-refractivity contribution is 7.99. The van der Waals surface area contributed by atoms with Crippen LogP contribution in [-0.2, 0) is 5.54 Å². The van der Waals surface area contributed by atoms with Crippen LogP contribution in [0.2, 0.25) is 0 Å². The van der Waals surface area contributed by atoms with Crippen LogP contribution < -0.4 is 27.0 Å². The average molecular weight is 906 g/mol. The number of benzene rings is 6. The van der Waals surface area contributed by atoms with Gasteiger partial charge in [0.1, 0.15) is 0 Å². The normalized spacial score (nSPS) is 12.4. The predicted molar refractivity (Wildman–Crippen MR) is 267 cm³/mol. The van der Waals surface area contributed by atoms with Gasteiger partial charge in [-0.3, -0.25) is 9.59 Å². The zero-order valence-corrected chi connectivity index (χ0v) is 39.3. The standard InChI is InChI=1S/C54H59N5O4S2/c1-5-37(3)40-31-41(50(60)38-21-25-48(26-22-38)64-46-17-11-9-12-18-46)35-45(34-40)58-52(62)56-29-15-7-8-16-30-57-53(63)59-54(4,6-2)43-32-42(33-44(55)36-43)51(61)39-23-27-49(28-24-39)65-47-19-13-10-14-20-47/h9-14,17-28,31-37H,5-8,15-16,29-30,55H2,1-4H3,(H2,56,58,62)(H2,57,59,63). The van der Waals surface area contributed by atoms with E-state index in [1.54, 1.807) is 35.7 Å². The third kappa shape index (κ3) is 14.1. The fourth-order valence-corrected chi connectivity index (χ4v) is 8.92. The summed E-state index contributed by atoms with van der Waals surface area (Å²) in [5.74, 6) is -0.0258. The van der Waals surface area contributed by atoms with Gasteiger partial charge in [0, 0.05) is 66.3 Å². The molecule has 0 fully saturated rings. The first-order valence-electron chi connectivity index (χ1n) is 22.3. The van der Waals surface area contributed by atoms with Crippen molar-refractivity contribution in [1.82, 2.24) is 16.0 Å². The first-order chi connectivity index (χ1) is 31.4. The summed E-state index contributed by atoms with van der Waals surface area (Å²) < 4.78 is 0. The number of hydrogen-bond acceptors (Lipinski definition) is 7. The van der Waals surface area contributed by atoms with Crippen molar-refractivity contribution in [2.75, 3.05) is 24.1 Å². The lowest BCUT2D eigenvalue weighted by molar-refractivity contribution is 0.103. The number of hydrogen-bond donors (Lipinski definition) is 5. The van der Waals surface area contributed by atoms with Gasteiger partial charge < -0.3 is 27.0 Å². The van der Waals surface area contributed by atoms with E-state index < -0.39 is 5.54 Å². The van der Waals surface area contributed by atoms with E-state index in [2.05, 4.69) is 47.2 Å². The molecule has 6 aromatic carbocycles. The van der Waals surface area contributed by atoms with Gasteiger partial charge in [-0.05, 0) is 159 Å². The lowest BCUT2D eigenvalue weighted by Crippen LogP contribution is -2.48. The second-order valence-electron chi connectivity index (χ2n) is 16.4. The summed E-state index contributed by atoms with van der Waals surface area (Å²) in [4.78, 5) is 57.7. The van der Waals surface area contributed by atoms with Crippen molar-refractivity contribution in [1.29, 1.82) is 0 Å². The van der Waals surface area contributed by atoms with Crippen LogP contribution in [0.3, 0.4) is 0 Å². The molecule has 65 heavy (non-hydrogen) atoms. The van der Waals surface area contributed by atoms with Crippen LogP contribution in [0.1, 0.15) is 115 Å². The molecule has 0 saturated heterocycles. The van der Waals surface area contributed by atoms with Gasteiger partial charge in [0.15, 0.2) is 11.6 Å². The van der Waals surface area contributed by atoms with Gasteiger partial charge in [0.2, 0.25) is 0 Å². The van der Waals surface area contributed by atoms with Gasteiger partial charge in [0.05, 0.1) is 5.54 Å². The zero-order chi connectivity index (χ0) is 46.2. The molecule has 9 nitrogen and oxygen atoms in total. The summed E-state index contributed by atoms with van der Waals surface area (Å²) in [6.45, 7) is 9.11. The number of unbranched alkanes of at least 4 members (excludes halogenated alkanes) is 3. The molecule has 0 radical (unpaired) electrons. The maximum Gasteiger partial charge on any atom is 0.319 e. The molecule has 2 unspecified atom stereocenters. The number of carbonyl (C=O) groups excluding carboxylic acids is 4. The third-order valence-electron chi connectivity index (χ3n) is 11.5. The fraction of sp³-hybridized carbons (Fsp3) is 0.259. The highest BCUT2D eigenvalue weighted by Gasteiger charge is 2.28. The molecule has 11 heteroatoms. The maximum absolute atomic E-state index is 13.7. The van der Waals surface area contributed by atoms with E-state index in [-0.39, 0.29) is 29.5 Å². The number of nitrogen functional groups attached to an aromatic ring is 1. The van der Waals surface area contributed by atoms with Crippen molar-refractivity contribution in [3.8, 4) is 0 Å². The van der Waals surface area contributed by atoms with E-state index in [4.69, 9.17) is 5.73 Å². The summed E-state index contributed by atoms with van der Waals surface area (Å²) >= 11 is 3.28. The maximum atomic E-state index is 13.7. The summed E-state index contributed by atoms with van der Waals surface area (Å²) in [5, 5.41) is 12.0. The number of nitrogens with one attached hydrogen (secondary N) is 4. The van der Waals surface area contributed by atoms with Crippen molar-refractivity contribution in [3.05, 3.63) is 179 Å². The lowest BCUT2D eigenvalue weighted by atomic mass is 9.87. The highest BCUT2D eigenvalue weighted by atomic mass is 32.2. The molecular weight excluding hydrogens is 847 g/mol. The Kier molecular flexibility index (Phi) is 17.5. The topological polar surface area (TPSA) is 142 Å². The van der Waals surface area contributed by atoms with Crippen LogP contribution in [0.25, 0.3) is 0 Å². The Morgan fingerprint density at radius 2 is 1.06 bits per heavy atom. The number of rotatable bonds is 21. The SMILES string of the molecule is CCC(C)c1cc(NC(=O)NCCCCCCNC(=O)NC(C)(CC)c2cc(N)cc(C(=O)c3ccc(Sc4ccccc4)cc3)c2)cc(C(=O)c2ccc(Sc3ccccc3)cc2)c1. The minimum atomic E-state index is -0.766. The van der Waals surface area contributed by atoms with Gasteiger partial charge in [0.25, 0.3) is 0 Å². The summed E-state index contributed by atoms with van der Waals surface area (Å²) in [7, 11) is 0. The van der Waals surface area contributed by atoms with Crippen LogP contribution in [0.5, 0.6) is 0 Å². The van der Waals surface area contributed by atoms with Crippen LogP contribution in [0, 0.1) is 0 Å². The van der Waals surface area contributed by atoms with Crippen molar-refractivity contribution < 1.29 is 19.2 Å². The van der Waals surface area contributed by atoms with Crippen LogP contribution in [0.4, 0.5) is 21.0 Å². The van der Waals surface area contributed by atoms with Crippen molar-refractivity contribution in [3.63, 3.8) is 0 Å². The molecule has 4 amide bonds. The Balaban J connectivity index is 0.924. The third-order valence-corrected chi connectivity index (χ3v) is 13.5. The molecule has 0 aromatic heterocycles. The smallest absolute Gasteiger partial charge is 0.319 e. The molecule has 0 bridgehead atoms. The van der Waals surface area contributed by atoms with Gasteiger partial charge in [-0.15, -0.1) is 0 Å². The molecule has 6 aromatic rings. The molecule has 0 spiro atoms. The van der Waals surface area contributed by atoms with Crippen LogP contribution in [0.15, 0.2) is 165 Å².